The van der Waals surface area contributed by atoms with E-state index in [1.54, 1.807) is 13.2 Å². The van der Waals surface area contributed by atoms with Gasteiger partial charge < -0.3 is 19.5 Å². The molecule has 1 aliphatic rings. The first-order valence-corrected chi connectivity index (χ1v) is 11.0. The maximum atomic E-state index is 13.1. The minimum Gasteiger partial charge on any atom is -0.507 e. The third-order valence-corrected chi connectivity index (χ3v) is 5.77. The highest BCUT2D eigenvalue weighted by Gasteiger charge is 2.45. The number of carbonyl (C=O) groups excluding carboxylic acids is 2. The molecule has 1 N–H and O–H groups in total. The van der Waals surface area contributed by atoms with Crippen LogP contribution in [0.1, 0.15) is 30.5 Å². The quantitative estimate of drug-likeness (QED) is 0.309. The minimum absolute atomic E-state index is 0.0774. The zero-order chi connectivity index (χ0) is 23.4. The Kier molecular flexibility index (Phi) is 6.75. The number of methoxy groups -OCH3 is 1. The number of aliphatic hydroxyl groups is 1. The molecule has 6 nitrogen and oxygen atoms in total. The van der Waals surface area contributed by atoms with Crippen LogP contribution < -0.4 is 4.74 Å². The number of hydrogen-bond acceptors (Lipinski definition) is 5. The summed E-state index contributed by atoms with van der Waals surface area (Å²) in [5.41, 5.74) is 1.29. The van der Waals surface area contributed by atoms with Gasteiger partial charge in [0.1, 0.15) is 11.5 Å². The molecule has 1 saturated heterocycles. The Labute approximate surface area is 193 Å². The molecule has 0 spiro atoms. The van der Waals surface area contributed by atoms with E-state index in [4.69, 9.17) is 9.47 Å². The highest BCUT2D eigenvalue weighted by molar-refractivity contribution is 6.46. The van der Waals surface area contributed by atoms with Crippen molar-refractivity contribution in [1.82, 2.24) is 4.90 Å². The molecule has 6 heteroatoms. The molecule has 0 aliphatic carbocycles. The number of ketones is 1. The summed E-state index contributed by atoms with van der Waals surface area (Å²) in [6.07, 6.45) is 0.894. The molecule has 1 unspecified atom stereocenters. The van der Waals surface area contributed by atoms with Crippen molar-refractivity contribution in [2.75, 3.05) is 26.9 Å². The average Bonchev–Trinajstić information content (AvgIpc) is 3.10. The molecular formula is C27H27NO5. The van der Waals surface area contributed by atoms with Crippen molar-refractivity contribution in [3.8, 4) is 5.75 Å². The molecule has 33 heavy (non-hydrogen) atoms. The van der Waals surface area contributed by atoms with E-state index in [0.29, 0.717) is 17.9 Å². The number of nitrogens with zero attached hydrogens (tertiary/aromatic N) is 1. The number of fused-ring (bicyclic) bond motifs is 1. The molecule has 0 saturated carbocycles. The Bertz CT molecular complexity index is 1200. The van der Waals surface area contributed by atoms with Gasteiger partial charge in [-0.3, -0.25) is 9.59 Å². The molecule has 3 aromatic carbocycles. The zero-order valence-corrected chi connectivity index (χ0v) is 18.8. The lowest BCUT2D eigenvalue weighted by Crippen LogP contribution is -2.32. The molecule has 1 aliphatic heterocycles. The zero-order valence-electron chi connectivity index (χ0n) is 18.8. The Morgan fingerprint density at radius 3 is 2.39 bits per heavy atom. The Morgan fingerprint density at radius 1 is 0.970 bits per heavy atom. The second-order valence-corrected chi connectivity index (χ2v) is 7.96. The largest absolute Gasteiger partial charge is 0.507 e. The van der Waals surface area contributed by atoms with Crippen LogP contribution in [0.2, 0.25) is 0 Å². The van der Waals surface area contributed by atoms with E-state index in [9.17, 15) is 14.7 Å². The van der Waals surface area contributed by atoms with Crippen LogP contribution in [-0.4, -0.2) is 48.6 Å². The van der Waals surface area contributed by atoms with Crippen LogP contribution in [0.5, 0.6) is 5.75 Å². The second kappa shape index (κ2) is 9.88. The number of rotatable bonds is 8. The lowest BCUT2D eigenvalue weighted by Gasteiger charge is -2.25. The van der Waals surface area contributed by atoms with Gasteiger partial charge in [0.15, 0.2) is 0 Å². The third kappa shape index (κ3) is 4.47. The minimum atomic E-state index is -0.716. The fourth-order valence-electron chi connectivity index (χ4n) is 4.11. The smallest absolute Gasteiger partial charge is 0.295 e. The van der Waals surface area contributed by atoms with E-state index in [1.165, 1.54) is 4.90 Å². The monoisotopic (exact) mass is 445 g/mol. The van der Waals surface area contributed by atoms with Gasteiger partial charge in [0.25, 0.3) is 11.7 Å². The molecule has 1 heterocycles. The molecule has 0 radical (unpaired) electrons. The summed E-state index contributed by atoms with van der Waals surface area (Å²) in [6, 6.07) is 19.8. The number of aliphatic hydroxyl groups excluding tert-OH is 1. The first kappa shape index (κ1) is 22.6. The maximum absolute atomic E-state index is 13.1. The van der Waals surface area contributed by atoms with Crippen molar-refractivity contribution >= 4 is 28.2 Å². The van der Waals surface area contributed by atoms with Gasteiger partial charge in [0.05, 0.1) is 24.8 Å². The number of benzene rings is 3. The van der Waals surface area contributed by atoms with Crippen LogP contribution in [0.3, 0.4) is 0 Å². The van der Waals surface area contributed by atoms with Crippen molar-refractivity contribution in [2.24, 2.45) is 0 Å². The number of amides is 1. The molecule has 3 aromatic rings. The van der Waals surface area contributed by atoms with Gasteiger partial charge in [-0.25, -0.2) is 0 Å². The maximum Gasteiger partial charge on any atom is 0.295 e. The van der Waals surface area contributed by atoms with Gasteiger partial charge in [0.2, 0.25) is 0 Å². The molecule has 0 bridgehead atoms. The van der Waals surface area contributed by atoms with Crippen LogP contribution in [0.4, 0.5) is 0 Å². The van der Waals surface area contributed by atoms with Crippen LogP contribution in [0, 0.1) is 0 Å². The van der Waals surface area contributed by atoms with Crippen LogP contribution in [0.25, 0.3) is 16.5 Å². The number of carbonyl (C=O) groups is 2. The van der Waals surface area contributed by atoms with Gasteiger partial charge in [-0.1, -0.05) is 55.5 Å². The summed E-state index contributed by atoms with van der Waals surface area (Å²) in [5, 5.41) is 13.2. The van der Waals surface area contributed by atoms with Crippen molar-refractivity contribution in [3.63, 3.8) is 0 Å². The standard InChI is InChI=1S/C27H27NO5/c1-3-15-33-22-12-10-19(11-13-22)24-23(26(30)27(31)28(24)14-16-32-2)25(29)21-9-8-18-6-4-5-7-20(18)17-21/h4-13,17,24,29H,3,14-16H2,1-2H3/b25-23-. The van der Waals surface area contributed by atoms with Gasteiger partial charge in [-0.05, 0) is 41.0 Å². The number of ether oxygens (including phenoxy) is 2. The molecule has 1 amide bonds. The molecular weight excluding hydrogens is 418 g/mol. The topological polar surface area (TPSA) is 76.1 Å². The third-order valence-electron chi connectivity index (χ3n) is 5.77. The number of Topliss-reactive ketones (excluding diaryl/α,β-unsaturated/α-hetero) is 1. The summed E-state index contributed by atoms with van der Waals surface area (Å²) in [5.74, 6) is -0.821. The Balaban J connectivity index is 1.80. The summed E-state index contributed by atoms with van der Waals surface area (Å²) in [7, 11) is 1.54. The van der Waals surface area contributed by atoms with Crippen LogP contribution in [0.15, 0.2) is 72.3 Å². The Hall–Kier alpha value is -3.64. The summed E-state index contributed by atoms with van der Waals surface area (Å²) >= 11 is 0. The SMILES string of the molecule is CCCOc1ccc(C2/C(=C(/O)c3ccc4ccccc4c3)C(=O)C(=O)N2CCOC)cc1. The van der Waals surface area contributed by atoms with Gasteiger partial charge in [-0.2, -0.15) is 0 Å². The first-order valence-electron chi connectivity index (χ1n) is 11.0. The second-order valence-electron chi connectivity index (χ2n) is 7.96. The van der Waals surface area contributed by atoms with Crippen molar-refractivity contribution in [3.05, 3.63) is 83.4 Å². The normalized spacial score (nSPS) is 17.6. The predicted octanol–water partition coefficient (Wildman–Crippen LogP) is 4.70. The average molecular weight is 446 g/mol. The van der Waals surface area contributed by atoms with Crippen molar-refractivity contribution < 1.29 is 24.2 Å². The molecule has 0 aromatic heterocycles. The van der Waals surface area contributed by atoms with E-state index < -0.39 is 17.7 Å². The molecule has 1 atom stereocenters. The van der Waals surface area contributed by atoms with Gasteiger partial charge in [0, 0.05) is 19.2 Å². The number of hydrogen-bond donors (Lipinski definition) is 1. The summed E-state index contributed by atoms with van der Waals surface area (Å²) in [4.78, 5) is 27.4. The van der Waals surface area contributed by atoms with Gasteiger partial charge >= 0.3 is 0 Å². The fraction of sp³-hybridized carbons (Fsp3) is 0.259. The summed E-state index contributed by atoms with van der Waals surface area (Å²) < 4.78 is 10.8. The molecule has 1 fully saturated rings. The predicted molar refractivity (Wildman–Crippen MR) is 127 cm³/mol. The van der Waals surface area contributed by atoms with E-state index in [-0.39, 0.29) is 24.5 Å². The van der Waals surface area contributed by atoms with Gasteiger partial charge in [-0.15, -0.1) is 0 Å². The lowest BCUT2D eigenvalue weighted by molar-refractivity contribution is -0.140. The molecule has 170 valence electrons. The number of likely N-dealkylation sites (tertiary alicyclic amines) is 1. The Morgan fingerprint density at radius 2 is 1.70 bits per heavy atom. The summed E-state index contributed by atoms with van der Waals surface area (Å²) in [6.45, 7) is 3.14. The van der Waals surface area contributed by atoms with Crippen molar-refractivity contribution in [1.29, 1.82) is 0 Å². The molecule has 4 rings (SSSR count). The van der Waals surface area contributed by atoms with E-state index >= 15 is 0 Å². The fourth-order valence-corrected chi connectivity index (χ4v) is 4.11. The van der Waals surface area contributed by atoms with Crippen molar-refractivity contribution in [2.45, 2.75) is 19.4 Å². The highest BCUT2D eigenvalue weighted by Crippen LogP contribution is 2.40. The van der Waals surface area contributed by atoms with Crippen LogP contribution in [-0.2, 0) is 14.3 Å². The van der Waals surface area contributed by atoms with E-state index in [2.05, 4.69) is 0 Å². The van der Waals surface area contributed by atoms with E-state index in [0.717, 1.165) is 22.8 Å². The highest BCUT2D eigenvalue weighted by atomic mass is 16.5. The first-order chi connectivity index (χ1) is 16.0. The van der Waals surface area contributed by atoms with Crippen LogP contribution >= 0.6 is 0 Å². The lowest BCUT2D eigenvalue weighted by atomic mass is 9.94. The van der Waals surface area contributed by atoms with E-state index in [1.807, 2.05) is 67.6 Å².